The second-order valence-corrected chi connectivity index (χ2v) is 8.32. The van der Waals surface area contributed by atoms with Crippen molar-refractivity contribution in [3.63, 3.8) is 0 Å². The zero-order valence-corrected chi connectivity index (χ0v) is 16.5. The van der Waals surface area contributed by atoms with Crippen molar-refractivity contribution in [2.45, 2.75) is 6.54 Å². The van der Waals surface area contributed by atoms with Crippen LogP contribution < -0.4 is 0 Å². The number of hydrogen-bond donors (Lipinski definition) is 0. The van der Waals surface area contributed by atoms with Crippen molar-refractivity contribution in [2.24, 2.45) is 0 Å². The van der Waals surface area contributed by atoms with Crippen molar-refractivity contribution >= 4 is 40.2 Å². The summed E-state index contributed by atoms with van der Waals surface area (Å²) in [6.45, 7) is 4.25. The van der Waals surface area contributed by atoms with Gasteiger partial charge in [0, 0.05) is 48.7 Å². The first-order chi connectivity index (χ1) is 12.7. The normalized spacial score (nSPS) is 15.3. The van der Waals surface area contributed by atoms with Gasteiger partial charge in [0.1, 0.15) is 10.7 Å². The van der Waals surface area contributed by atoms with E-state index in [-0.39, 0.29) is 5.91 Å². The molecule has 3 aromatic rings. The van der Waals surface area contributed by atoms with E-state index in [9.17, 15) is 4.79 Å². The molecule has 0 N–H and O–H groups in total. The number of halogens is 1. The van der Waals surface area contributed by atoms with Crippen LogP contribution in [0.1, 0.15) is 16.1 Å². The van der Waals surface area contributed by atoms with Gasteiger partial charge in [0.25, 0.3) is 5.91 Å². The lowest BCUT2D eigenvalue weighted by Gasteiger charge is -2.34. The number of piperazine rings is 1. The van der Waals surface area contributed by atoms with Crippen LogP contribution in [0.25, 0.3) is 10.6 Å². The number of carbonyl (C=O) groups is 1. The van der Waals surface area contributed by atoms with Gasteiger partial charge >= 0.3 is 0 Å². The van der Waals surface area contributed by atoms with Crippen LogP contribution in [0.2, 0.25) is 5.02 Å². The maximum Gasteiger partial charge on any atom is 0.273 e. The van der Waals surface area contributed by atoms with Crippen LogP contribution in [-0.2, 0) is 6.54 Å². The van der Waals surface area contributed by atoms with Gasteiger partial charge in [0.05, 0.1) is 0 Å². The Labute approximate surface area is 165 Å². The molecule has 0 atom stereocenters. The largest absolute Gasteiger partial charge is 0.335 e. The van der Waals surface area contributed by atoms with E-state index < -0.39 is 0 Å². The number of benzene rings is 1. The fraction of sp³-hybridized carbons (Fsp3) is 0.263. The molecule has 7 heteroatoms. The van der Waals surface area contributed by atoms with Crippen LogP contribution in [0.3, 0.4) is 0 Å². The third kappa shape index (κ3) is 3.99. The molecule has 2 aromatic heterocycles. The summed E-state index contributed by atoms with van der Waals surface area (Å²) < 4.78 is 0. The van der Waals surface area contributed by atoms with Gasteiger partial charge in [-0.2, -0.15) is 11.3 Å². The zero-order valence-electron chi connectivity index (χ0n) is 14.1. The number of thiophene rings is 1. The van der Waals surface area contributed by atoms with E-state index in [1.54, 1.807) is 11.3 Å². The van der Waals surface area contributed by atoms with Crippen molar-refractivity contribution in [3.05, 3.63) is 62.8 Å². The average Bonchev–Trinajstić information content (AvgIpc) is 3.34. The first-order valence-corrected chi connectivity index (χ1v) is 10.6. The molecule has 1 fully saturated rings. The van der Waals surface area contributed by atoms with Gasteiger partial charge in [-0.1, -0.05) is 23.7 Å². The summed E-state index contributed by atoms with van der Waals surface area (Å²) in [7, 11) is 0. The fourth-order valence-corrected chi connectivity index (χ4v) is 4.59. The molecule has 0 unspecified atom stereocenters. The quantitative estimate of drug-likeness (QED) is 0.644. The van der Waals surface area contributed by atoms with Crippen molar-refractivity contribution in [3.8, 4) is 10.6 Å². The van der Waals surface area contributed by atoms with E-state index in [4.69, 9.17) is 11.6 Å². The molecule has 0 bridgehead atoms. The highest BCUT2D eigenvalue weighted by Crippen LogP contribution is 2.26. The predicted molar refractivity (Wildman–Crippen MR) is 108 cm³/mol. The number of aromatic nitrogens is 1. The minimum atomic E-state index is 0.0247. The molecule has 1 aromatic carbocycles. The Morgan fingerprint density at radius 3 is 2.54 bits per heavy atom. The molecule has 1 amide bonds. The maximum absolute atomic E-state index is 12.8. The van der Waals surface area contributed by atoms with Gasteiger partial charge in [0.2, 0.25) is 0 Å². The number of nitrogens with zero attached hydrogens (tertiary/aromatic N) is 3. The molecule has 0 radical (unpaired) electrons. The third-order valence-corrected chi connectivity index (χ3v) is 6.34. The van der Waals surface area contributed by atoms with E-state index >= 15 is 0 Å². The molecule has 4 nitrogen and oxygen atoms in total. The van der Waals surface area contributed by atoms with E-state index in [0.717, 1.165) is 43.3 Å². The van der Waals surface area contributed by atoms with Gasteiger partial charge in [0.15, 0.2) is 0 Å². The molecule has 4 rings (SSSR count). The van der Waals surface area contributed by atoms with Crippen molar-refractivity contribution in [1.29, 1.82) is 0 Å². The number of carbonyl (C=O) groups excluding carboxylic acids is 1. The Bertz CT molecular complexity index is 869. The highest BCUT2D eigenvalue weighted by atomic mass is 35.5. The topological polar surface area (TPSA) is 36.4 Å². The Morgan fingerprint density at radius 1 is 1.08 bits per heavy atom. The first-order valence-electron chi connectivity index (χ1n) is 8.43. The van der Waals surface area contributed by atoms with Crippen molar-refractivity contribution < 1.29 is 4.79 Å². The zero-order chi connectivity index (χ0) is 17.9. The van der Waals surface area contributed by atoms with E-state index in [1.165, 1.54) is 16.9 Å². The van der Waals surface area contributed by atoms with Gasteiger partial charge in [-0.25, -0.2) is 4.98 Å². The Hall–Kier alpha value is -1.73. The van der Waals surface area contributed by atoms with Gasteiger partial charge < -0.3 is 4.90 Å². The second kappa shape index (κ2) is 7.88. The van der Waals surface area contributed by atoms with Gasteiger partial charge in [-0.3, -0.25) is 9.69 Å². The van der Waals surface area contributed by atoms with Crippen LogP contribution >= 0.6 is 34.3 Å². The summed E-state index contributed by atoms with van der Waals surface area (Å²) >= 11 is 9.15. The Balaban J connectivity index is 1.37. The minimum Gasteiger partial charge on any atom is -0.335 e. The Kier molecular flexibility index (Phi) is 5.36. The maximum atomic E-state index is 12.8. The number of amides is 1. The summed E-state index contributed by atoms with van der Waals surface area (Å²) in [6, 6.07) is 9.70. The molecule has 1 aliphatic heterocycles. The predicted octanol–water partition coefficient (Wildman–Crippen LogP) is 4.48. The van der Waals surface area contributed by atoms with Crippen molar-refractivity contribution in [1.82, 2.24) is 14.8 Å². The Morgan fingerprint density at radius 2 is 1.85 bits per heavy atom. The summed E-state index contributed by atoms with van der Waals surface area (Å²) in [5.74, 6) is 0.0247. The molecule has 1 saturated heterocycles. The molecule has 0 saturated carbocycles. The van der Waals surface area contributed by atoms with E-state index in [1.807, 2.05) is 34.5 Å². The fourth-order valence-electron chi connectivity index (χ4n) is 3.01. The lowest BCUT2D eigenvalue weighted by Crippen LogP contribution is -2.48. The van der Waals surface area contributed by atoms with E-state index in [0.29, 0.717) is 10.7 Å². The smallest absolute Gasteiger partial charge is 0.273 e. The highest BCUT2D eigenvalue weighted by molar-refractivity contribution is 7.13. The molecule has 3 heterocycles. The van der Waals surface area contributed by atoms with Crippen LogP contribution in [0.15, 0.2) is 46.5 Å². The molecule has 0 aliphatic carbocycles. The lowest BCUT2D eigenvalue weighted by molar-refractivity contribution is 0.0624. The molecular formula is C19H18ClN3OS2. The van der Waals surface area contributed by atoms with Gasteiger partial charge in [-0.05, 0) is 34.5 Å². The molecule has 134 valence electrons. The van der Waals surface area contributed by atoms with Crippen molar-refractivity contribution in [2.75, 3.05) is 26.2 Å². The van der Waals surface area contributed by atoms with Crippen LogP contribution in [-0.4, -0.2) is 46.9 Å². The monoisotopic (exact) mass is 403 g/mol. The molecule has 1 aliphatic rings. The number of hydrogen-bond acceptors (Lipinski definition) is 5. The van der Waals surface area contributed by atoms with E-state index in [2.05, 4.69) is 26.7 Å². The summed E-state index contributed by atoms with van der Waals surface area (Å²) in [6.07, 6.45) is 0. The SMILES string of the molecule is O=C(c1csc(-c2ccc(Cl)cc2)n1)N1CCN(Cc2ccsc2)CC1. The summed E-state index contributed by atoms with van der Waals surface area (Å²) in [5, 5.41) is 7.69. The number of thiazole rings is 1. The first kappa shape index (κ1) is 17.7. The van der Waals surface area contributed by atoms with Crippen LogP contribution in [0.5, 0.6) is 0 Å². The molecular weight excluding hydrogens is 386 g/mol. The summed E-state index contributed by atoms with van der Waals surface area (Å²) in [5.41, 5.74) is 2.87. The minimum absolute atomic E-state index is 0.0247. The molecule has 0 spiro atoms. The van der Waals surface area contributed by atoms with Crippen LogP contribution in [0.4, 0.5) is 0 Å². The standard InChI is InChI=1S/C19H18ClN3OS2/c20-16-3-1-15(2-4-16)18-21-17(13-26-18)19(24)23-8-6-22(7-9-23)11-14-5-10-25-12-14/h1-5,10,12-13H,6-9,11H2. The third-order valence-electron chi connectivity index (χ3n) is 4.46. The number of rotatable bonds is 4. The highest BCUT2D eigenvalue weighted by Gasteiger charge is 2.24. The van der Waals surface area contributed by atoms with Crippen LogP contribution in [0, 0.1) is 0 Å². The molecule has 26 heavy (non-hydrogen) atoms. The second-order valence-electron chi connectivity index (χ2n) is 6.24. The van der Waals surface area contributed by atoms with Gasteiger partial charge in [-0.15, -0.1) is 11.3 Å². The average molecular weight is 404 g/mol. The summed E-state index contributed by atoms with van der Waals surface area (Å²) in [4.78, 5) is 21.6. The lowest BCUT2D eigenvalue weighted by atomic mass is 10.2.